The summed E-state index contributed by atoms with van der Waals surface area (Å²) in [4.78, 5) is 3.68. The molecule has 0 spiro atoms. The first kappa shape index (κ1) is 25.8. The van der Waals surface area contributed by atoms with E-state index in [2.05, 4.69) is 113 Å². The summed E-state index contributed by atoms with van der Waals surface area (Å²) in [6.07, 6.45) is 15.7. The first-order valence-electron chi connectivity index (χ1n) is 14.8. The van der Waals surface area contributed by atoms with E-state index in [0.717, 1.165) is 40.8 Å². The van der Waals surface area contributed by atoms with Gasteiger partial charge in [-0.2, -0.15) is 0 Å². The minimum absolute atomic E-state index is 0.281. The Bertz CT molecular complexity index is 2130. The molecule has 1 heterocycles. The molecule has 2 atom stereocenters. The van der Waals surface area contributed by atoms with Gasteiger partial charge in [0.05, 0.1) is 11.7 Å². The van der Waals surface area contributed by atoms with E-state index in [9.17, 15) is 5.11 Å². The van der Waals surface area contributed by atoms with Gasteiger partial charge in [0, 0.05) is 31.8 Å². The van der Waals surface area contributed by atoms with E-state index in [4.69, 9.17) is 0 Å². The van der Waals surface area contributed by atoms with E-state index in [1.807, 2.05) is 47.8 Å². The highest BCUT2D eigenvalue weighted by Crippen LogP contribution is 2.44. The molecule has 1 aromatic heterocycles. The predicted molar refractivity (Wildman–Crippen MR) is 182 cm³/mol. The third-order valence-electron chi connectivity index (χ3n) is 8.68. The number of aliphatic hydroxyl groups excluding tert-OH is 1. The number of benzene rings is 4. The Hall–Kier alpha value is -4.88. The summed E-state index contributed by atoms with van der Waals surface area (Å²) in [7, 11) is 0. The van der Waals surface area contributed by atoms with Crippen LogP contribution in [0.4, 0.5) is 5.69 Å². The molecule has 2 nitrogen and oxygen atoms in total. The Labute approximate surface area is 255 Å². The number of anilines is 1. The van der Waals surface area contributed by atoms with Crippen molar-refractivity contribution < 1.29 is 5.11 Å². The Morgan fingerprint density at radius 1 is 0.837 bits per heavy atom. The van der Waals surface area contributed by atoms with Crippen molar-refractivity contribution in [2.24, 2.45) is 0 Å². The molecule has 0 radical (unpaired) electrons. The fraction of sp³-hybridized carbons (Fsp3) is 0.100. The summed E-state index contributed by atoms with van der Waals surface area (Å²) < 4.78 is 1.33. The van der Waals surface area contributed by atoms with Crippen LogP contribution < -0.4 is 4.90 Å². The molecule has 3 aliphatic carbocycles. The van der Waals surface area contributed by atoms with Gasteiger partial charge in [-0.15, -0.1) is 11.3 Å². The zero-order valence-corrected chi connectivity index (χ0v) is 24.4. The van der Waals surface area contributed by atoms with Crippen LogP contribution in [0.1, 0.15) is 28.0 Å². The van der Waals surface area contributed by atoms with Crippen LogP contribution in [-0.4, -0.2) is 17.3 Å². The normalized spacial score (nSPS) is 18.9. The van der Waals surface area contributed by atoms with Crippen molar-refractivity contribution in [1.29, 1.82) is 0 Å². The highest BCUT2D eigenvalue weighted by Gasteiger charge is 2.34. The minimum Gasteiger partial charge on any atom is -0.386 e. The largest absolute Gasteiger partial charge is 0.386 e. The molecule has 206 valence electrons. The summed E-state index contributed by atoms with van der Waals surface area (Å²) in [5.74, 6) is 0. The molecule has 2 unspecified atom stereocenters. The molecule has 1 N–H and O–H groups in total. The van der Waals surface area contributed by atoms with Gasteiger partial charge in [0.25, 0.3) is 0 Å². The van der Waals surface area contributed by atoms with Crippen LogP contribution in [0.15, 0.2) is 145 Å². The number of nitrogens with zero attached hydrogens (tertiary/aromatic N) is 1. The zero-order valence-electron chi connectivity index (χ0n) is 23.6. The lowest BCUT2D eigenvalue weighted by Gasteiger charge is -2.40. The minimum atomic E-state index is -0.708. The van der Waals surface area contributed by atoms with Gasteiger partial charge in [-0.1, -0.05) is 115 Å². The molecule has 4 aromatic carbocycles. The van der Waals surface area contributed by atoms with E-state index in [1.54, 1.807) is 0 Å². The number of rotatable bonds is 5. The molecular weight excluding hydrogens is 543 g/mol. The van der Waals surface area contributed by atoms with Crippen LogP contribution in [-0.2, 0) is 6.42 Å². The third-order valence-corrected chi connectivity index (χ3v) is 9.83. The summed E-state index contributed by atoms with van der Waals surface area (Å²) in [5, 5.41) is 16.0. The summed E-state index contributed by atoms with van der Waals surface area (Å²) in [5.41, 5.74) is 14.2. The van der Waals surface area contributed by atoms with Gasteiger partial charge in [-0.3, -0.25) is 0 Å². The average molecular weight is 572 g/mol. The van der Waals surface area contributed by atoms with E-state index in [-0.39, 0.29) is 6.04 Å². The molecule has 0 fully saturated rings. The van der Waals surface area contributed by atoms with Crippen LogP contribution >= 0.6 is 11.3 Å². The number of fused-ring (bicyclic) bond motifs is 5. The van der Waals surface area contributed by atoms with Gasteiger partial charge in [-0.05, 0) is 70.7 Å². The van der Waals surface area contributed by atoms with Crippen LogP contribution in [0.2, 0.25) is 0 Å². The molecule has 0 saturated heterocycles. The van der Waals surface area contributed by atoms with Crippen molar-refractivity contribution in [2.75, 3.05) is 4.90 Å². The van der Waals surface area contributed by atoms with E-state index in [0.29, 0.717) is 0 Å². The molecule has 0 amide bonds. The van der Waals surface area contributed by atoms with Crippen molar-refractivity contribution in [1.82, 2.24) is 0 Å². The molecule has 3 heteroatoms. The lowest BCUT2D eigenvalue weighted by molar-refractivity contribution is 0.214. The maximum absolute atomic E-state index is 12.0. The summed E-state index contributed by atoms with van der Waals surface area (Å²) in [6, 6.07) is 31.6. The first-order chi connectivity index (χ1) is 21.3. The molecular formula is C40H29NOS. The lowest BCUT2D eigenvalue weighted by Crippen LogP contribution is -2.44. The number of para-hydroxylation sites is 1. The van der Waals surface area contributed by atoms with Crippen molar-refractivity contribution in [3.63, 3.8) is 0 Å². The van der Waals surface area contributed by atoms with Gasteiger partial charge in [0.1, 0.15) is 6.10 Å². The number of aliphatic hydroxyl groups is 1. The van der Waals surface area contributed by atoms with Crippen molar-refractivity contribution in [3.05, 3.63) is 166 Å². The molecule has 0 bridgehead atoms. The summed E-state index contributed by atoms with van der Waals surface area (Å²) >= 11 is 1.87. The number of thiophene rings is 1. The van der Waals surface area contributed by atoms with Crippen molar-refractivity contribution >= 4 is 55.1 Å². The topological polar surface area (TPSA) is 23.5 Å². The summed E-state index contributed by atoms with van der Waals surface area (Å²) in [6.45, 7) is 0. The first-order valence-corrected chi connectivity index (χ1v) is 15.6. The Morgan fingerprint density at radius 2 is 1.67 bits per heavy atom. The van der Waals surface area contributed by atoms with Gasteiger partial charge >= 0.3 is 0 Å². The van der Waals surface area contributed by atoms with Gasteiger partial charge in [0.15, 0.2) is 0 Å². The number of aryl methyl sites for hydroxylation is 1. The van der Waals surface area contributed by atoms with Crippen LogP contribution in [0.3, 0.4) is 0 Å². The maximum atomic E-state index is 12.0. The number of hydrogen-bond acceptors (Lipinski definition) is 3. The molecule has 0 saturated carbocycles. The van der Waals surface area contributed by atoms with Gasteiger partial charge in [-0.25, -0.2) is 0 Å². The zero-order chi connectivity index (χ0) is 28.8. The Kier molecular flexibility index (Phi) is 6.45. The standard InChI is InChI=1S/C40H29NOS/c42-40-33(28-14-5-2-6-15-28)19-11-21-36(40)41(35-20-10-9-17-31(35)27-12-3-1-4-13-27)30-23-24-34-38(26-30)43-37-25-22-29-16-7-8-18-32(29)39(34)37/h1-3,5-12,14-22,25-26,36,40,42H,23-24H2. The fourth-order valence-corrected chi connectivity index (χ4v) is 7.93. The average Bonchev–Trinajstić information content (AvgIpc) is 3.45. The van der Waals surface area contributed by atoms with Crippen molar-refractivity contribution in [2.45, 2.75) is 25.0 Å². The van der Waals surface area contributed by atoms with E-state index < -0.39 is 6.10 Å². The molecule has 5 aromatic rings. The van der Waals surface area contributed by atoms with Crippen LogP contribution in [0.5, 0.6) is 0 Å². The molecule has 8 rings (SSSR count). The lowest BCUT2D eigenvalue weighted by atomic mass is 9.88. The maximum Gasteiger partial charge on any atom is 0.104 e. The molecule has 3 aliphatic rings. The smallest absolute Gasteiger partial charge is 0.104 e. The molecule has 0 aliphatic heterocycles. The van der Waals surface area contributed by atoms with E-state index >= 15 is 0 Å². The van der Waals surface area contributed by atoms with E-state index in [1.165, 1.54) is 37.0 Å². The SMILES string of the molecule is OC1C(c2ccccc2)=CC=CC1N(C1=Cc2sc3ccc4ccccc4c3c2CC1)c1ccccc1C1=C=C=CC=C1. The number of hydrogen-bond donors (Lipinski definition) is 1. The Balaban J connectivity index is 1.30. The fourth-order valence-electron chi connectivity index (χ4n) is 6.70. The van der Waals surface area contributed by atoms with Crippen LogP contribution in [0, 0.1) is 0 Å². The Morgan fingerprint density at radius 3 is 2.56 bits per heavy atom. The monoisotopic (exact) mass is 571 g/mol. The second-order valence-electron chi connectivity index (χ2n) is 11.1. The van der Waals surface area contributed by atoms with Gasteiger partial charge < -0.3 is 10.0 Å². The highest BCUT2D eigenvalue weighted by molar-refractivity contribution is 7.20. The second kappa shape index (κ2) is 10.7. The second-order valence-corrected chi connectivity index (χ2v) is 12.2. The predicted octanol–water partition coefficient (Wildman–Crippen LogP) is 9.49. The quantitative estimate of drug-likeness (QED) is 0.212. The van der Waals surface area contributed by atoms with Crippen LogP contribution in [0.25, 0.3) is 38.1 Å². The third kappa shape index (κ3) is 4.48. The number of allylic oxidation sites excluding steroid dienone is 7. The van der Waals surface area contributed by atoms with Crippen molar-refractivity contribution in [3.8, 4) is 0 Å². The van der Waals surface area contributed by atoms with Gasteiger partial charge in [0.2, 0.25) is 0 Å². The highest BCUT2D eigenvalue weighted by atomic mass is 32.1. The molecule has 43 heavy (non-hydrogen) atoms.